The van der Waals surface area contributed by atoms with E-state index in [0.717, 1.165) is 36.7 Å². The first-order valence-electron chi connectivity index (χ1n) is 8.11. The Hall–Kier alpha value is -2.63. The van der Waals surface area contributed by atoms with Gasteiger partial charge in [-0.15, -0.1) is 0 Å². The predicted molar refractivity (Wildman–Crippen MR) is 89.8 cm³/mol. The highest BCUT2D eigenvalue weighted by Crippen LogP contribution is 2.36. The second-order valence-electron chi connectivity index (χ2n) is 6.03. The molecule has 0 radical (unpaired) electrons. The maximum absolute atomic E-state index is 11.4. The van der Waals surface area contributed by atoms with Gasteiger partial charge in [0.15, 0.2) is 5.78 Å². The van der Waals surface area contributed by atoms with Crippen molar-refractivity contribution in [3.63, 3.8) is 0 Å². The van der Waals surface area contributed by atoms with E-state index in [1.807, 2.05) is 24.3 Å². The maximum atomic E-state index is 11.4. The van der Waals surface area contributed by atoms with E-state index in [-0.39, 0.29) is 17.7 Å². The molecule has 0 spiro atoms. The van der Waals surface area contributed by atoms with Gasteiger partial charge in [0.05, 0.1) is 12.6 Å². The van der Waals surface area contributed by atoms with E-state index in [1.165, 1.54) is 13.8 Å². The molecule has 1 aliphatic heterocycles. The zero-order valence-electron chi connectivity index (χ0n) is 13.9. The summed E-state index contributed by atoms with van der Waals surface area (Å²) in [5.41, 5.74) is 0.616. The number of hydrogen-bond acceptors (Lipinski definition) is 5. The Labute approximate surface area is 140 Å². The van der Waals surface area contributed by atoms with Crippen LogP contribution >= 0.6 is 0 Å². The fraction of sp³-hybridized carbons (Fsp3) is 0.389. The van der Waals surface area contributed by atoms with E-state index in [2.05, 4.69) is 15.2 Å². The van der Waals surface area contributed by atoms with E-state index in [4.69, 9.17) is 4.42 Å². The highest BCUT2D eigenvalue weighted by Gasteiger charge is 2.29. The summed E-state index contributed by atoms with van der Waals surface area (Å²) in [6.45, 7) is 4.32. The van der Waals surface area contributed by atoms with E-state index in [0.29, 0.717) is 12.1 Å². The zero-order valence-corrected chi connectivity index (χ0v) is 13.9. The summed E-state index contributed by atoms with van der Waals surface area (Å²) >= 11 is 0. The number of nitrogens with zero attached hydrogens (tertiary/aromatic N) is 2. The van der Waals surface area contributed by atoms with Crippen LogP contribution < -0.4 is 10.2 Å². The Morgan fingerprint density at radius 2 is 2.12 bits per heavy atom. The molecule has 0 bridgehead atoms. The third kappa shape index (κ3) is 3.48. The van der Waals surface area contributed by atoms with Gasteiger partial charge in [-0.2, -0.15) is 0 Å². The Morgan fingerprint density at radius 1 is 1.29 bits per heavy atom. The first kappa shape index (κ1) is 16.2. The summed E-state index contributed by atoms with van der Waals surface area (Å²) in [7, 11) is 0. The first-order chi connectivity index (χ1) is 11.5. The minimum atomic E-state index is -0.0785. The highest BCUT2D eigenvalue weighted by molar-refractivity contribution is 5.93. The van der Waals surface area contributed by atoms with E-state index in [9.17, 15) is 9.59 Å². The van der Waals surface area contributed by atoms with Crippen LogP contribution in [0, 0.1) is 0 Å². The van der Waals surface area contributed by atoms with Crippen molar-refractivity contribution >= 4 is 17.5 Å². The van der Waals surface area contributed by atoms with Crippen molar-refractivity contribution < 1.29 is 14.0 Å². The lowest BCUT2D eigenvalue weighted by Crippen LogP contribution is -2.23. The molecule has 6 heteroatoms. The fourth-order valence-corrected chi connectivity index (χ4v) is 2.98. The molecule has 2 aromatic heterocycles. The highest BCUT2D eigenvalue weighted by atomic mass is 16.3. The molecule has 0 aromatic carbocycles. The van der Waals surface area contributed by atoms with Crippen LogP contribution in [0.2, 0.25) is 0 Å². The Bertz CT molecular complexity index is 736. The molecule has 1 unspecified atom stereocenters. The molecule has 3 heterocycles. The normalized spacial score (nSPS) is 17.1. The van der Waals surface area contributed by atoms with Gasteiger partial charge in [-0.3, -0.25) is 9.59 Å². The lowest BCUT2D eigenvalue weighted by molar-refractivity contribution is -0.119. The number of anilines is 1. The van der Waals surface area contributed by atoms with Gasteiger partial charge in [0.1, 0.15) is 17.3 Å². The van der Waals surface area contributed by atoms with Gasteiger partial charge in [0.2, 0.25) is 5.91 Å². The topological polar surface area (TPSA) is 75.4 Å². The van der Waals surface area contributed by atoms with E-state index < -0.39 is 0 Å². The lowest BCUT2D eigenvalue weighted by atomic mass is 10.1. The lowest BCUT2D eigenvalue weighted by Gasteiger charge is -2.24. The average Bonchev–Trinajstić information content (AvgIpc) is 3.22. The van der Waals surface area contributed by atoms with Crippen molar-refractivity contribution in [1.82, 2.24) is 10.3 Å². The van der Waals surface area contributed by atoms with Crippen LogP contribution in [0.1, 0.15) is 54.6 Å². The van der Waals surface area contributed by atoms with Crippen LogP contribution in [0.4, 0.5) is 5.82 Å². The number of amides is 1. The largest absolute Gasteiger partial charge is 0.462 e. The second-order valence-corrected chi connectivity index (χ2v) is 6.03. The van der Waals surface area contributed by atoms with Gasteiger partial charge in [-0.1, -0.05) is 0 Å². The summed E-state index contributed by atoms with van der Waals surface area (Å²) in [6, 6.07) is 7.69. The average molecular weight is 327 g/mol. The van der Waals surface area contributed by atoms with Gasteiger partial charge < -0.3 is 14.6 Å². The molecular weight excluding hydrogens is 306 g/mol. The van der Waals surface area contributed by atoms with Crippen LogP contribution in [0.25, 0.3) is 0 Å². The van der Waals surface area contributed by atoms with Crippen molar-refractivity contribution in [3.8, 4) is 0 Å². The van der Waals surface area contributed by atoms with Crippen LogP contribution in [-0.2, 0) is 11.3 Å². The van der Waals surface area contributed by atoms with Crippen molar-refractivity contribution in [1.29, 1.82) is 0 Å². The summed E-state index contributed by atoms with van der Waals surface area (Å²) in [5, 5.41) is 2.73. The quantitative estimate of drug-likeness (QED) is 0.855. The number of nitrogens with one attached hydrogen (secondary N) is 1. The minimum absolute atomic E-state index is 0.0145. The molecule has 24 heavy (non-hydrogen) atoms. The molecule has 2 aromatic rings. The molecule has 1 saturated heterocycles. The first-order valence-corrected chi connectivity index (χ1v) is 8.11. The number of hydrogen-bond donors (Lipinski definition) is 1. The number of pyridine rings is 1. The maximum Gasteiger partial charge on any atom is 0.217 e. The molecule has 1 fully saturated rings. The standard InChI is InChI=1S/C18H21N3O3/c1-12(22)14-5-8-18(20-10-14)21-9-3-4-16(21)17-7-6-15(24-17)11-19-13(2)23/h5-8,10,16H,3-4,9,11H2,1-2H3,(H,19,23). The van der Waals surface area contributed by atoms with Crippen LogP contribution in [-0.4, -0.2) is 23.2 Å². The molecule has 0 saturated carbocycles. The molecule has 126 valence electrons. The van der Waals surface area contributed by atoms with Gasteiger partial charge in [0.25, 0.3) is 0 Å². The van der Waals surface area contributed by atoms with E-state index in [1.54, 1.807) is 6.20 Å². The van der Waals surface area contributed by atoms with Crippen molar-refractivity contribution in [3.05, 3.63) is 47.5 Å². The number of ketones is 1. The number of Topliss-reactive ketones (excluding diaryl/α,β-unsaturated/α-hetero) is 1. The van der Waals surface area contributed by atoms with Crippen LogP contribution in [0.5, 0.6) is 0 Å². The third-order valence-corrected chi connectivity index (χ3v) is 4.22. The van der Waals surface area contributed by atoms with Gasteiger partial charge >= 0.3 is 0 Å². The van der Waals surface area contributed by atoms with Crippen LogP contribution in [0.15, 0.2) is 34.9 Å². The number of rotatable bonds is 5. The Morgan fingerprint density at radius 3 is 2.79 bits per heavy atom. The minimum Gasteiger partial charge on any atom is -0.462 e. The number of carbonyl (C=O) groups excluding carboxylic acids is 2. The van der Waals surface area contributed by atoms with Crippen molar-refractivity contribution in [2.75, 3.05) is 11.4 Å². The molecule has 6 nitrogen and oxygen atoms in total. The third-order valence-electron chi connectivity index (χ3n) is 4.22. The van der Waals surface area contributed by atoms with Crippen LogP contribution in [0.3, 0.4) is 0 Å². The molecular formula is C18H21N3O3. The number of furan rings is 1. The number of carbonyl (C=O) groups is 2. The molecule has 1 atom stereocenters. The predicted octanol–water partition coefficient (Wildman–Crippen LogP) is 2.85. The fourth-order valence-electron chi connectivity index (χ4n) is 2.98. The van der Waals surface area contributed by atoms with E-state index >= 15 is 0 Å². The van der Waals surface area contributed by atoms with Gasteiger partial charge in [0, 0.05) is 25.2 Å². The Balaban J connectivity index is 1.75. The Kier molecular flexibility index (Phi) is 4.64. The van der Waals surface area contributed by atoms with Gasteiger partial charge in [-0.05, 0) is 44.0 Å². The second kappa shape index (κ2) is 6.86. The molecule has 1 amide bonds. The van der Waals surface area contributed by atoms with Gasteiger partial charge in [-0.25, -0.2) is 4.98 Å². The van der Waals surface area contributed by atoms with Crippen molar-refractivity contribution in [2.24, 2.45) is 0 Å². The van der Waals surface area contributed by atoms with Crippen molar-refractivity contribution in [2.45, 2.75) is 39.3 Å². The SMILES string of the molecule is CC(=O)NCc1ccc(C2CCCN2c2ccc(C(C)=O)cn2)o1. The summed E-state index contributed by atoms with van der Waals surface area (Å²) in [5.74, 6) is 2.41. The summed E-state index contributed by atoms with van der Waals surface area (Å²) in [4.78, 5) is 29.0. The molecule has 1 N–H and O–H groups in total. The molecule has 1 aliphatic rings. The molecule has 3 rings (SSSR count). The summed E-state index contributed by atoms with van der Waals surface area (Å²) in [6.07, 6.45) is 3.67. The number of aromatic nitrogens is 1. The summed E-state index contributed by atoms with van der Waals surface area (Å²) < 4.78 is 5.89. The smallest absolute Gasteiger partial charge is 0.217 e. The molecule has 0 aliphatic carbocycles. The monoisotopic (exact) mass is 327 g/mol. The zero-order chi connectivity index (χ0) is 17.1.